The maximum absolute atomic E-state index is 11.9. The second-order valence-electron chi connectivity index (χ2n) is 4.64. The van der Waals surface area contributed by atoms with Gasteiger partial charge in [-0.25, -0.2) is 4.58 Å². The molecule has 2 rings (SSSR count). The van der Waals surface area contributed by atoms with Gasteiger partial charge in [0.15, 0.2) is 0 Å². The SMILES string of the molecule is C=C[N+](=CNCC(=O)c1ccccc1)Cc1ccccc1. The van der Waals surface area contributed by atoms with E-state index in [0.717, 1.165) is 6.54 Å². The lowest BCUT2D eigenvalue weighted by atomic mass is 10.1. The Morgan fingerprint density at radius 3 is 2.29 bits per heavy atom. The molecule has 3 nitrogen and oxygen atoms in total. The van der Waals surface area contributed by atoms with Gasteiger partial charge in [0.2, 0.25) is 12.1 Å². The lowest BCUT2D eigenvalue weighted by Crippen LogP contribution is -2.25. The molecule has 1 N–H and O–H groups in total. The zero-order chi connectivity index (χ0) is 14.9. The fraction of sp³-hybridized carbons (Fsp3) is 0.111. The molecule has 0 saturated carbocycles. The van der Waals surface area contributed by atoms with Crippen molar-refractivity contribution in [3.05, 3.63) is 84.6 Å². The zero-order valence-corrected chi connectivity index (χ0v) is 11.9. The van der Waals surface area contributed by atoms with Crippen LogP contribution >= 0.6 is 0 Å². The van der Waals surface area contributed by atoms with Gasteiger partial charge < -0.3 is 0 Å². The number of hydrogen-bond donors (Lipinski definition) is 1. The maximum atomic E-state index is 11.9. The lowest BCUT2D eigenvalue weighted by molar-refractivity contribution is -0.470. The Bertz CT molecular complexity index is 618. The molecule has 0 aliphatic heterocycles. The predicted octanol–water partition coefficient (Wildman–Crippen LogP) is 2.84. The Hall–Kier alpha value is -2.68. The second-order valence-corrected chi connectivity index (χ2v) is 4.64. The minimum Gasteiger partial charge on any atom is -0.290 e. The number of hydrogen-bond acceptors (Lipinski definition) is 1. The van der Waals surface area contributed by atoms with E-state index < -0.39 is 0 Å². The molecule has 0 radical (unpaired) electrons. The fourth-order valence-corrected chi connectivity index (χ4v) is 1.94. The first-order chi connectivity index (χ1) is 10.3. The summed E-state index contributed by atoms with van der Waals surface area (Å²) in [7, 11) is 0. The summed E-state index contributed by atoms with van der Waals surface area (Å²) in [5.41, 5.74) is 1.90. The molecular formula is C18H19N2O+. The number of nitrogens with zero attached hydrogens (tertiary/aromatic N) is 1. The molecule has 0 fully saturated rings. The molecule has 0 aliphatic carbocycles. The predicted molar refractivity (Wildman–Crippen MR) is 85.4 cm³/mol. The van der Waals surface area contributed by atoms with Crippen molar-refractivity contribution in [1.29, 1.82) is 0 Å². The third-order valence-corrected chi connectivity index (χ3v) is 3.06. The van der Waals surface area contributed by atoms with Crippen molar-refractivity contribution in [2.24, 2.45) is 0 Å². The van der Waals surface area contributed by atoms with Gasteiger partial charge in [0.05, 0.1) is 6.20 Å². The van der Waals surface area contributed by atoms with Crippen LogP contribution in [0.4, 0.5) is 0 Å². The number of Topliss-reactive ketones (excluding diaryl/α,β-unsaturated/α-hetero) is 1. The average molecular weight is 279 g/mol. The summed E-state index contributed by atoms with van der Waals surface area (Å²) in [4.78, 5) is 11.9. The van der Waals surface area contributed by atoms with Crippen LogP contribution in [0.2, 0.25) is 0 Å². The summed E-state index contributed by atoms with van der Waals surface area (Å²) in [6.07, 6.45) is 3.51. The number of carbonyl (C=O) groups excluding carboxylic acids is 1. The Balaban J connectivity index is 1.90. The molecule has 21 heavy (non-hydrogen) atoms. The summed E-state index contributed by atoms with van der Waals surface area (Å²) in [5.74, 6) is 0.0653. The second kappa shape index (κ2) is 7.80. The van der Waals surface area contributed by atoms with Crippen molar-refractivity contribution in [2.75, 3.05) is 6.54 Å². The highest BCUT2D eigenvalue weighted by molar-refractivity contribution is 5.98. The molecule has 0 aliphatic rings. The highest BCUT2D eigenvalue weighted by atomic mass is 16.1. The topological polar surface area (TPSA) is 32.1 Å². The molecule has 0 heterocycles. The summed E-state index contributed by atoms with van der Waals surface area (Å²) in [5, 5.41) is 3.04. The normalized spacial score (nSPS) is 11.0. The fourth-order valence-electron chi connectivity index (χ4n) is 1.94. The number of nitrogens with one attached hydrogen (secondary N) is 1. The van der Waals surface area contributed by atoms with Gasteiger partial charge in [-0.15, -0.1) is 0 Å². The molecule has 0 aromatic heterocycles. The van der Waals surface area contributed by atoms with Crippen LogP contribution in [0.25, 0.3) is 0 Å². The summed E-state index contributed by atoms with van der Waals surface area (Å²) in [6.45, 7) is 4.77. The molecule has 0 bridgehead atoms. The Morgan fingerprint density at radius 2 is 1.67 bits per heavy atom. The van der Waals surface area contributed by atoms with Gasteiger partial charge in [0.1, 0.15) is 13.1 Å². The minimum atomic E-state index is 0.0653. The van der Waals surface area contributed by atoms with Crippen molar-refractivity contribution >= 4 is 12.1 Å². The molecule has 0 saturated heterocycles. The van der Waals surface area contributed by atoms with E-state index in [9.17, 15) is 4.79 Å². The van der Waals surface area contributed by atoms with E-state index in [4.69, 9.17) is 0 Å². The molecule has 0 atom stereocenters. The van der Waals surface area contributed by atoms with Gasteiger partial charge in [0.25, 0.3) is 0 Å². The van der Waals surface area contributed by atoms with Crippen molar-refractivity contribution in [2.45, 2.75) is 6.54 Å². The van der Waals surface area contributed by atoms with E-state index in [0.29, 0.717) is 5.56 Å². The van der Waals surface area contributed by atoms with Crippen LogP contribution in [-0.2, 0) is 6.54 Å². The van der Waals surface area contributed by atoms with Gasteiger partial charge in [-0.2, -0.15) is 0 Å². The number of rotatable bonds is 7. The molecule has 3 heteroatoms. The van der Waals surface area contributed by atoms with E-state index in [1.54, 1.807) is 12.5 Å². The summed E-state index contributed by atoms with van der Waals surface area (Å²) >= 11 is 0. The molecule has 106 valence electrons. The smallest absolute Gasteiger partial charge is 0.237 e. The Labute approximate surface area is 125 Å². The van der Waals surface area contributed by atoms with Crippen molar-refractivity contribution in [3.63, 3.8) is 0 Å². The van der Waals surface area contributed by atoms with Gasteiger partial charge in [-0.1, -0.05) is 67.2 Å². The molecule has 2 aromatic carbocycles. The van der Waals surface area contributed by atoms with Gasteiger partial charge in [0, 0.05) is 5.56 Å². The molecular weight excluding hydrogens is 260 g/mol. The first-order valence-electron chi connectivity index (χ1n) is 6.87. The number of benzene rings is 2. The number of carbonyl (C=O) groups is 1. The van der Waals surface area contributed by atoms with Crippen LogP contribution < -0.4 is 5.32 Å². The van der Waals surface area contributed by atoms with Crippen LogP contribution in [-0.4, -0.2) is 23.2 Å². The summed E-state index contributed by atoms with van der Waals surface area (Å²) < 4.78 is 1.91. The molecule has 0 amide bonds. The van der Waals surface area contributed by atoms with Crippen molar-refractivity contribution in [3.8, 4) is 0 Å². The van der Waals surface area contributed by atoms with Crippen molar-refractivity contribution in [1.82, 2.24) is 5.32 Å². The van der Waals surface area contributed by atoms with Crippen LogP contribution in [0.5, 0.6) is 0 Å². The monoisotopic (exact) mass is 279 g/mol. The van der Waals surface area contributed by atoms with Crippen molar-refractivity contribution < 1.29 is 9.37 Å². The molecule has 2 aromatic rings. The highest BCUT2D eigenvalue weighted by Crippen LogP contribution is 2.00. The van der Waals surface area contributed by atoms with E-state index in [2.05, 4.69) is 24.0 Å². The summed E-state index contributed by atoms with van der Waals surface area (Å²) in [6, 6.07) is 19.4. The van der Waals surface area contributed by atoms with Crippen LogP contribution in [0.3, 0.4) is 0 Å². The third-order valence-electron chi connectivity index (χ3n) is 3.06. The standard InChI is InChI=1S/C18H18N2O/c1-2-20(14-16-9-5-3-6-10-16)15-19-13-18(21)17-11-7-4-8-12-17/h2-12,15H,1,13-14H2/p+1. The van der Waals surface area contributed by atoms with E-state index in [1.165, 1.54) is 5.56 Å². The Morgan fingerprint density at radius 1 is 1.05 bits per heavy atom. The Kier molecular flexibility index (Phi) is 5.47. The van der Waals surface area contributed by atoms with Gasteiger partial charge in [-0.05, 0) is 5.56 Å². The quantitative estimate of drug-likeness (QED) is 0.366. The average Bonchev–Trinajstić information content (AvgIpc) is 2.55. The largest absolute Gasteiger partial charge is 0.290 e. The maximum Gasteiger partial charge on any atom is 0.237 e. The van der Waals surface area contributed by atoms with E-state index in [1.807, 2.05) is 53.1 Å². The zero-order valence-electron chi connectivity index (χ0n) is 11.9. The van der Waals surface area contributed by atoms with Gasteiger partial charge >= 0.3 is 0 Å². The first kappa shape index (κ1) is 14.7. The van der Waals surface area contributed by atoms with Crippen LogP contribution in [0.1, 0.15) is 15.9 Å². The van der Waals surface area contributed by atoms with E-state index >= 15 is 0 Å². The molecule has 0 unspecified atom stereocenters. The van der Waals surface area contributed by atoms with Gasteiger partial charge in [-0.3, -0.25) is 10.1 Å². The first-order valence-corrected chi connectivity index (χ1v) is 6.87. The van der Waals surface area contributed by atoms with E-state index in [-0.39, 0.29) is 12.3 Å². The highest BCUT2D eigenvalue weighted by Gasteiger charge is 2.06. The van der Waals surface area contributed by atoms with Crippen LogP contribution in [0, 0.1) is 0 Å². The number of ketones is 1. The minimum absolute atomic E-state index is 0.0653. The van der Waals surface area contributed by atoms with Crippen LogP contribution in [0.15, 0.2) is 73.4 Å². The molecule has 0 spiro atoms. The lowest BCUT2D eigenvalue weighted by Gasteiger charge is -2.02. The third kappa shape index (κ3) is 4.73.